The van der Waals surface area contributed by atoms with Crippen LogP contribution in [0.5, 0.6) is 0 Å². The van der Waals surface area contributed by atoms with Crippen LogP contribution in [0.4, 0.5) is 17.6 Å². The van der Waals surface area contributed by atoms with Crippen molar-refractivity contribution in [1.29, 1.82) is 0 Å². The summed E-state index contributed by atoms with van der Waals surface area (Å²) < 4.78 is 53.0. The molecule has 0 unspecified atom stereocenters. The standard InChI is InChI=1S/C21H15F4N3O/c22-19(23)16-9-26-21(27-16)13-7-5-12(6-8-13)10-28-11-15(18(29)20(24)25)14-3-1-2-4-17(14)28/h1-9,11,19-20H,10H2,(H,26,27). The molecule has 2 aromatic heterocycles. The Morgan fingerprint density at radius 2 is 1.76 bits per heavy atom. The molecule has 0 saturated carbocycles. The molecule has 4 nitrogen and oxygen atoms in total. The van der Waals surface area contributed by atoms with Gasteiger partial charge in [0.2, 0.25) is 5.78 Å². The predicted molar refractivity (Wildman–Crippen MR) is 100 cm³/mol. The van der Waals surface area contributed by atoms with Crippen LogP contribution in [0.2, 0.25) is 0 Å². The van der Waals surface area contributed by atoms with Gasteiger partial charge in [0, 0.05) is 34.8 Å². The monoisotopic (exact) mass is 401 g/mol. The van der Waals surface area contributed by atoms with E-state index < -0.39 is 18.6 Å². The van der Waals surface area contributed by atoms with Crippen molar-refractivity contribution in [2.75, 3.05) is 0 Å². The summed E-state index contributed by atoms with van der Waals surface area (Å²) in [4.78, 5) is 18.4. The smallest absolute Gasteiger partial charge is 0.300 e. The van der Waals surface area contributed by atoms with Crippen molar-refractivity contribution in [3.63, 3.8) is 0 Å². The third kappa shape index (κ3) is 3.65. The van der Waals surface area contributed by atoms with Gasteiger partial charge in [-0.3, -0.25) is 4.79 Å². The number of nitrogens with one attached hydrogen (secondary N) is 1. The Morgan fingerprint density at radius 3 is 2.41 bits per heavy atom. The molecule has 0 atom stereocenters. The molecule has 148 valence electrons. The summed E-state index contributed by atoms with van der Waals surface area (Å²) in [6.45, 7) is 0.359. The van der Waals surface area contributed by atoms with Crippen molar-refractivity contribution in [3.05, 3.63) is 77.7 Å². The Bertz CT molecular complexity index is 1160. The molecule has 0 bridgehead atoms. The number of ketones is 1. The number of imidazole rings is 1. The van der Waals surface area contributed by atoms with Crippen LogP contribution in [0, 0.1) is 0 Å². The number of rotatable bonds is 6. The Hall–Kier alpha value is -3.42. The number of carbonyl (C=O) groups is 1. The SMILES string of the molecule is O=C(c1cn(Cc2ccc(-c3ncc(C(F)F)[nH]3)cc2)c2ccccc12)C(F)F. The van der Waals surface area contributed by atoms with E-state index in [1.54, 1.807) is 53.1 Å². The third-order valence-corrected chi connectivity index (χ3v) is 4.66. The van der Waals surface area contributed by atoms with E-state index in [9.17, 15) is 22.4 Å². The first-order valence-corrected chi connectivity index (χ1v) is 8.76. The van der Waals surface area contributed by atoms with Gasteiger partial charge in [-0.1, -0.05) is 42.5 Å². The van der Waals surface area contributed by atoms with Gasteiger partial charge in [-0.25, -0.2) is 22.5 Å². The molecule has 0 radical (unpaired) electrons. The number of alkyl halides is 4. The number of H-pyrrole nitrogens is 1. The molecule has 2 heterocycles. The zero-order valence-corrected chi connectivity index (χ0v) is 14.9. The molecule has 4 rings (SSSR count). The molecule has 0 amide bonds. The molecule has 1 N–H and O–H groups in total. The summed E-state index contributed by atoms with van der Waals surface area (Å²) in [6, 6.07) is 13.9. The Kier molecular flexibility index (Phi) is 4.92. The van der Waals surface area contributed by atoms with Crippen LogP contribution in [0.15, 0.2) is 60.9 Å². The van der Waals surface area contributed by atoms with E-state index in [2.05, 4.69) is 9.97 Å². The number of hydrogen-bond donors (Lipinski definition) is 1. The summed E-state index contributed by atoms with van der Waals surface area (Å²) in [5.74, 6) is -0.869. The van der Waals surface area contributed by atoms with Crippen LogP contribution in [-0.2, 0) is 6.54 Å². The summed E-state index contributed by atoms with van der Waals surface area (Å²) in [5.41, 5.74) is 1.91. The van der Waals surface area contributed by atoms with Gasteiger partial charge >= 0.3 is 6.43 Å². The highest BCUT2D eigenvalue weighted by atomic mass is 19.3. The Morgan fingerprint density at radius 1 is 1.03 bits per heavy atom. The molecular weight excluding hydrogens is 386 g/mol. The van der Waals surface area contributed by atoms with Crippen LogP contribution in [-0.4, -0.2) is 26.7 Å². The number of halogens is 4. The Balaban J connectivity index is 1.62. The van der Waals surface area contributed by atoms with Crippen molar-refractivity contribution in [2.45, 2.75) is 19.4 Å². The average Bonchev–Trinajstić information content (AvgIpc) is 3.34. The maximum absolute atomic E-state index is 12.9. The van der Waals surface area contributed by atoms with Crippen LogP contribution in [0.1, 0.15) is 28.0 Å². The van der Waals surface area contributed by atoms with E-state index in [0.717, 1.165) is 11.8 Å². The minimum absolute atomic E-state index is 0.0117. The maximum Gasteiger partial charge on any atom is 0.300 e. The molecule has 4 aromatic rings. The van der Waals surface area contributed by atoms with Crippen molar-refractivity contribution >= 4 is 16.7 Å². The predicted octanol–water partition coefficient (Wildman–Crippen LogP) is 5.47. The lowest BCUT2D eigenvalue weighted by atomic mass is 10.1. The summed E-state index contributed by atoms with van der Waals surface area (Å²) in [7, 11) is 0. The van der Waals surface area contributed by atoms with Gasteiger partial charge in [0.05, 0.1) is 6.20 Å². The molecule has 2 aromatic carbocycles. The number of Topliss-reactive ketones (excluding diaryl/α,β-unsaturated/α-hetero) is 1. The number of fused-ring (bicyclic) bond motifs is 1. The van der Waals surface area contributed by atoms with E-state index in [4.69, 9.17) is 0 Å². The normalized spacial score (nSPS) is 11.7. The second kappa shape index (κ2) is 7.54. The molecular formula is C21H15F4N3O. The molecule has 0 saturated heterocycles. The summed E-state index contributed by atoms with van der Waals surface area (Å²) >= 11 is 0. The van der Waals surface area contributed by atoms with Gasteiger partial charge in [0.1, 0.15) is 11.5 Å². The second-order valence-corrected chi connectivity index (χ2v) is 6.54. The lowest BCUT2D eigenvalue weighted by Crippen LogP contribution is -2.09. The van der Waals surface area contributed by atoms with Gasteiger partial charge in [0.15, 0.2) is 0 Å². The first-order valence-electron chi connectivity index (χ1n) is 8.76. The third-order valence-electron chi connectivity index (χ3n) is 4.66. The van der Waals surface area contributed by atoms with E-state index in [1.807, 2.05) is 0 Å². The Labute approximate surface area is 162 Å². The van der Waals surface area contributed by atoms with Crippen molar-refractivity contribution in [1.82, 2.24) is 14.5 Å². The molecule has 0 aliphatic carbocycles. The van der Waals surface area contributed by atoms with Gasteiger partial charge in [0.25, 0.3) is 6.43 Å². The fourth-order valence-electron chi connectivity index (χ4n) is 3.25. The summed E-state index contributed by atoms with van der Waals surface area (Å²) in [6.07, 6.45) is -3.15. The van der Waals surface area contributed by atoms with Crippen LogP contribution >= 0.6 is 0 Å². The van der Waals surface area contributed by atoms with Crippen LogP contribution in [0.25, 0.3) is 22.3 Å². The maximum atomic E-state index is 12.9. The van der Waals surface area contributed by atoms with Crippen molar-refractivity contribution < 1.29 is 22.4 Å². The summed E-state index contributed by atoms with van der Waals surface area (Å²) in [5, 5.41) is 0.476. The fourth-order valence-corrected chi connectivity index (χ4v) is 3.25. The van der Waals surface area contributed by atoms with E-state index in [1.165, 1.54) is 6.20 Å². The average molecular weight is 401 g/mol. The topological polar surface area (TPSA) is 50.7 Å². The highest BCUT2D eigenvalue weighted by molar-refractivity contribution is 6.09. The zero-order chi connectivity index (χ0) is 20.5. The van der Waals surface area contributed by atoms with E-state index >= 15 is 0 Å². The molecule has 0 aliphatic rings. The largest absolute Gasteiger partial charge is 0.342 e. The molecule has 8 heteroatoms. The van der Waals surface area contributed by atoms with Crippen molar-refractivity contribution in [3.8, 4) is 11.4 Å². The van der Waals surface area contributed by atoms with Crippen molar-refractivity contribution in [2.24, 2.45) is 0 Å². The fraction of sp³-hybridized carbons (Fsp3) is 0.143. The lowest BCUT2D eigenvalue weighted by molar-refractivity contribution is 0.0680. The second-order valence-electron chi connectivity index (χ2n) is 6.54. The number of aromatic nitrogens is 3. The first-order chi connectivity index (χ1) is 13.9. The van der Waals surface area contributed by atoms with Gasteiger partial charge < -0.3 is 9.55 Å². The van der Waals surface area contributed by atoms with E-state index in [0.29, 0.717) is 28.8 Å². The lowest BCUT2D eigenvalue weighted by Gasteiger charge is -2.06. The molecule has 0 fully saturated rings. The first kappa shape index (κ1) is 18.9. The molecule has 0 spiro atoms. The van der Waals surface area contributed by atoms with Crippen LogP contribution in [0.3, 0.4) is 0 Å². The minimum Gasteiger partial charge on any atom is -0.342 e. The molecule has 0 aliphatic heterocycles. The quantitative estimate of drug-likeness (QED) is 0.344. The number of aromatic amines is 1. The number of hydrogen-bond acceptors (Lipinski definition) is 2. The van der Waals surface area contributed by atoms with Gasteiger partial charge in [-0.2, -0.15) is 0 Å². The number of para-hydroxylation sites is 1. The highest BCUT2D eigenvalue weighted by Crippen LogP contribution is 2.26. The van der Waals surface area contributed by atoms with E-state index in [-0.39, 0.29) is 11.3 Å². The van der Waals surface area contributed by atoms with Gasteiger partial charge in [-0.15, -0.1) is 0 Å². The highest BCUT2D eigenvalue weighted by Gasteiger charge is 2.22. The molecule has 29 heavy (non-hydrogen) atoms. The number of carbonyl (C=O) groups excluding carboxylic acids is 1. The van der Waals surface area contributed by atoms with Gasteiger partial charge in [-0.05, 0) is 11.6 Å². The zero-order valence-electron chi connectivity index (χ0n) is 14.9. The van der Waals surface area contributed by atoms with Crippen LogP contribution < -0.4 is 0 Å². The number of nitrogens with zero attached hydrogens (tertiary/aromatic N) is 2. The number of benzene rings is 2. The minimum atomic E-state index is -3.07.